The molecule has 4 nitrogen and oxygen atoms in total. The van der Waals surface area contributed by atoms with E-state index in [1.165, 1.54) is 11.1 Å². The number of piperazine rings is 1. The Bertz CT molecular complexity index is 819. The van der Waals surface area contributed by atoms with Crippen molar-refractivity contribution in [2.24, 2.45) is 0 Å². The lowest BCUT2D eigenvalue weighted by atomic mass is 9.95. The van der Waals surface area contributed by atoms with Crippen LogP contribution in [0.3, 0.4) is 0 Å². The Labute approximate surface area is 183 Å². The summed E-state index contributed by atoms with van der Waals surface area (Å²) >= 11 is 3.62. The number of hydrogen-bond donors (Lipinski definition) is 0. The molecule has 0 N–H and O–H groups in total. The first-order valence-electron chi connectivity index (χ1n) is 10.2. The molecule has 29 heavy (non-hydrogen) atoms. The molecule has 1 unspecified atom stereocenters. The summed E-state index contributed by atoms with van der Waals surface area (Å²) in [7, 11) is 0. The molecule has 1 fully saturated rings. The van der Waals surface area contributed by atoms with Crippen molar-refractivity contribution in [1.82, 2.24) is 9.80 Å². The highest BCUT2D eigenvalue weighted by atomic mass is 79.9. The van der Waals surface area contributed by atoms with E-state index in [9.17, 15) is 4.79 Å². The molecule has 1 aliphatic heterocycles. The molecular formula is C24H31BrN2O2. The van der Waals surface area contributed by atoms with Gasteiger partial charge in [0.25, 0.3) is 0 Å². The molecule has 0 aliphatic carbocycles. The molecule has 0 spiro atoms. The molecule has 2 atom stereocenters. The molecule has 2 aromatic carbocycles. The van der Waals surface area contributed by atoms with Gasteiger partial charge in [-0.3, -0.25) is 14.6 Å². The summed E-state index contributed by atoms with van der Waals surface area (Å²) in [5, 5.41) is 0. The van der Waals surface area contributed by atoms with E-state index in [2.05, 4.69) is 87.3 Å². The van der Waals surface area contributed by atoms with Crippen LogP contribution in [0.15, 0.2) is 59.1 Å². The van der Waals surface area contributed by atoms with Crippen LogP contribution in [0, 0.1) is 0 Å². The topological polar surface area (TPSA) is 32.8 Å². The summed E-state index contributed by atoms with van der Waals surface area (Å²) in [6.07, 6.45) is 0. The first kappa shape index (κ1) is 22.0. The quantitative estimate of drug-likeness (QED) is 0.597. The molecule has 0 amide bonds. The molecule has 3 rings (SSSR count). The maximum absolute atomic E-state index is 12.3. The Morgan fingerprint density at radius 3 is 2.41 bits per heavy atom. The van der Waals surface area contributed by atoms with Gasteiger partial charge in [0.15, 0.2) is 0 Å². The second-order valence-corrected chi connectivity index (χ2v) is 9.68. The third kappa shape index (κ3) is 6.14. The molecule has 0 radical (unpaired) electrons. The lowest BCUT2D eigenvalue weighted by Crippen LogP contribution is -2.54. The Morgan fingerprint density at radius 2 is 1.79 bits per heavy atom. The molecular weight excluding hydrogens is 428 g/mol. The second kappa shape index (κ2) is 9.41. The van der Waals surface area contributed by atoms with E-state index >= 15 is 0 Å². The third-order valence-electron chi connectivity index (χ3n) is 5.19. The highest BCUT2D eigenvalue weighted by molar-refractivity contribution is 9.10. The normalized spacial score (nSPS) is 19.7. The Balaban J connectivity index is 1.75. The Kier molecular flexibility index (Phi) is 7.14. The van der Waals surface area contributed by atoms with Crippen molar-refractivity contribution < 1.29 is 9.53 Å². The Hall–Kier alpha value is -1.69. The summed E-state index contributed by atoms with van der Waals surface area (Å²) < 4.78 is 6.61. The van der Waals surface area contributed by atoms with E-state index in [0.29, 0.717) is 6.54 Å². The van der Waals surface area contributed by atoms with Gasteiger partial charge in [-0.2, -0.15) is 0 Å². The fourth-order valence-electron chi connectivity index (χ4n) is 3.96. The van der Waals surface area contributed by atoms with Gasteiger partial charge in [-0.25, -0.2) is 0 Å². The van der Waals surface area contributed by atoms with Gasteiger partial charge in [-0.05, 0) is 51.0 Å². The fourth-order valence-corrected chi connectivity index (χ4v) is 4.38. The van der Waals surface area contributed by atoms with Gasteiger partial charge >= 0.3 is 5.97 Å². The third-order valence-corrected chi connectivity index (χ3v) is 5.69. The molecule has 156 valence electrons. The molecule has 0 bridgehead atoms. The highest BCUT2D eigenvalue weighted by Gasteiger charge is 2.32. The van der Waals surface area contributed by atoms with Gasteiger partial charge in [0, 0.05) is 30.1 Å². The van der Waals surface area contributed by atoms with Crippen LogP contribution in [-0.4, -0.2) is 53.6 Å². The molecule has 1 heterocycles. The van der Waals surface area contributed by atoms with Crippen molar-refractivity contribution in [3.05, 3.63) is 70.2 Å². The lowest BCUT2D eigenvalue weighted by Gasteiger charge is -2.43. The van der Waals surface area contributed by atoms with Crippen molar-refractivity contribution in [3.8, 4) is 0 Å². The highest BCUT2D eigenvalue weighted by Crippen LogP contribution is 2.32. The summed E-state index contributed by atoms with van der Waals surface area (Å²) in [4.78, 5) is 17.0. The second-order valence-electron chi connectivity index (χ2n) is 8.77. The molecule has 0 aromatic heterocycles. The number of carbonyl (C=O) groups excluding carboxylic acids is 1. The van der Waals surface area contributed by atoms with Crippen LogP contribution >= 0.6 is 15.9 Å². The van der Waals surface area contributed by atoms with Gasteiger partial charge < -0.3 is 4.74 Å². The maximum Gasteiger partial charge on any atom is 0.320 e. The van der Waals surface area contributed by atoms with Crippen molar-refractivity contribution in [2.45, 2.75) is 45.4 Å². The minimum atomic E-state index is -0.443. The molecule has 5 heteroatoms. The number of halogens is 1. The smallest absolute Gasteiger partial charge is 0.320 e. The van der Waals surface area contributed by atoms with Crippen LogP contribution in [0.2, 0.25) is 0 Å². The van der Waals surface area contributed by atoms with Crippen LogP contribution < -0.4 is 0 Å². The fraction of sp³-hybridized carbons (Fsp3) is 0.458. The van der Waals surface area contributed by atoms with Crippen LogP contribution in [0.25, 0.3) is 0 Å². The first-order chi connectivity index (χ1) is 13.7. The van der Waals surface area contributed by atoms with Gasteiger partial charge in [0.05, 0.1) is 12.6 Å². The van der Waals surface area contributed by atoms with Crippen LogP contribution in [0.1, 0.15) is 44.9 Å². The van der Waals surface area contributed by atoms with Crippen molar-refractivity contribution in [1.29, 1.82) is 0 Å². The zero-order valence-electron chi connectivity index (χ0n) is 17.8. The predicted molar refractivity (Wildman–Crippen MR) is 121 cm³/mol. The number of esters is 1. The number of carbonyl (C=O) groups is 1. The van der Waals surface area contributed by atoms with E-state index in [-0.39, 0.29) is 18.1 Å². The number of rotatable bonds is 5. The number of benzene rings is 2. The minimum absolute atomic E-state index is 0.149. The summed E-state index contributed by atoms with van der Waals surface area (Å²) in [6, 6.07) is 19.7. The van der Waals surface area contributed by atoms with E-state index < -0.39 is 5.60 Å². The summed E-state index contributed by atoms with van der Waals surface area (Å²) in [5.74, 6) is -0.149. The zero-order chi connectivity index (χ0) is 21.0. The predicted octanol–water partition coefficient (Wildman–Crippen LogP) is 4.89. The number of hydrogen-bond acceptors (Lipinski definition) is 4. The van der Waals surface area contributed by atoms with E-state index in [0.717, 1.165) is 24.1 Å². The average molecular weight is 459 g/mol. The monoisotopic (exact) mass is 458 g/mol. The molecule has 0 saturated carbocycles. The van der Waals surface area contributed by atoms with Gasteiger partial charge in [-0.15, -0.1) is 0 Å². The van der Waals surface area contributed by atoms with E-state index in [1.54, 1.807) is 0 Å². The Morgan fingerprint density at radius 1 is 1.10 bits per heavy atom. The lowest BCUT2D eigenvalue weighted by molar-refractivity contribution is -0.157. The largest absolute Gasteiger partial charge is 0.459 e. The average Bonchev–Trinajstić information content (AvgIpc) is 2.64. The maximum atomic E-state index is 12.3. The van der Waals surface area contributed by atoms with Crippen LogP contribution in [0.5, 0.6) is 0 Å². The van der Waals surface area contributed by atoms with Gasteiger partial charge in [0.1, 0.15) is 5.60 Å². The van der Waals surface area contributed by atoms with Crippen molar-refractivity contribution in [2.75, 3.05) is 26.2 Å². The van der Waals surface area contributed by atoms with Crippen LogP contribution in [0.4, 0.5) is 0 Å². The first-order valence-corrected chi connectivity index (χ1v) is 11.0. The number of ether oxygens (including phenoxy) is 1. The molecule has 1 saturated heterocycles. The van der Waals surface area contributed by atoms with Gasteiger partial charge in [0.2, 0.25) is 0 Å². The SMILES string of the molecule is CC1CN([C@H](c2ccccc2)c2cccc(Br)c2)CCN1CC(=O)OC(C)(C)C. The van der Waals surface area contributed by atoms with Crippen molar-refractivity contribution >= 4 is 21.9 Å². The minimum Gasteiger partial charge on any atom is -0.459 e. The van der Waals surface area contributed by atoms with Gasteiger partial charge in [-0.1, -0.05) is 58.4 Å². The molecule has 1 aliphatic rings. The van der Waals surface area contributed by atoms with E-state index in [1.807, 2.05) is 20.8 Å². The standard InChI is InChI=1S/C24H31BrN2O2/c1-18-16-27(14-13-26(18)17-22(28)29-24(2,3)4)23(19-9-6-5-7-10-19)20-11-8-12-21(25)15-20/h5-12,15,18,23H,13-14,16-17H2,1-4H3/t18?,23-/m1/s1. The molecule has 2 aromatic rings. The zero-order valence-corrected chi connectivity index (χ0v) is 19.4. The van der Waals surface area contributed by atoms with Crippen molar-refractivity contribution in [3.63, 3.8) is 0 Å². The van der Waals surface area contributed by atoms with Crippen LogP contribution in [-0.2, 0) is 9.53 Å². The summed E-state index contributed by atoms with van der Waals surface area (Å²) in [5.41, 5.74) is 2.12. The number of nitrogens with zero attached hydrogens (tertiary/aromatic N) is 2. The summed E-state index contributed by atoms with van der Waals surface area (Å²) in [6.45, 7) is 10.9. The van der Waals surface area contributed by atoms with E-state index in [4.69, 9.17) is 4.74 Å².